The first-order valence-electron chi connectivity index (χ1n) is 3.88. The smallest absolute Gasteiger partial charge is 0.211 e. The second-order valence-electron chi connectivity index (χ2n) is 3.52. The lowest BCUT2D eigenvalue weighted by atomic mass is 10.1. The third-order valence-corrected chi connectivity index (χ3v) is 3.51. The Balaban J connectivity index is 2.76. The molecule has 1 rings (SSSR count). The van der Waals surface area contributed by atoms with E-state index < -0.39 is 10.0 Å². The van der Waals surface area contributed by atoms with Gasteiger partial charge in [-0.15, -0.1) is 0 Å². The molecule has 0 aliphatic carbocycles. The van der Waals surface area contributed by atoms with Crippen molar-refractivity contribution in [1.82, 2.24) is 4.31 Å². The fourth-order valence-corrected chi connectivity index (χ4v) is 2.99. The van der Waals surface area contributed by atoms with Gasteiger partial charge in [0.25, 0.3) is 0 Å². The van der Waals surface area contributed by atoms with E-state index in [1.807, 2.05) is 6.92 Å². The maximum absolute atomic E-state index is 11.1. The molecule has 66 valence electrons. The average molecular weight is 177 g/mol. The zero-order chi connectivity index (χ0) is 8.65. The van der Waals surface area contributed by atoms with Gasteiger partial charge >= 0.3 is 0 Å². The second kappa shape index (κ2) is 2.75. The Hall–Kier alpha value is -0.0900. The molecule has 0 amide bonds. The normalized spacial score (nSPS) is 34.5. The van der Waals surface area contributed by atoms with Crippen LogP contribution in [-0.2, 0) is 10.0 Å². The van der Waals surface area contributed by atoms with Crippen molar-refractivity contribution in [1.29, 1.82) is 0 Å². The highest BCUT2D eigenvalue weighted by molar-refractivity contribution is 7.88. The largest absolute Gasteiger partial charge is 0.212 e. The van der Waals surface area contributed by atoms with E-state index in [1.165, 1.54) is 6.26 Å². The van der Waals surface area contributed by atoms with E-state index in [-0.39, 0.29) is 6.04 Å². The van der Waals surface area contributed by atoms with Crippen molar-refractivity contribution in [2.24, 2.45) is 5.92 Å². The van der Waals surface area contributed by atoms with E-state index in [9.17, 15) is 8.42 Å². The lowest BCUT2D eigenvalue weighted by Crippen LogP contribution is -2.32. The molecule has 0 saturated carbocycles. The van der Waals surface area contributed by atoms with Crippen LogP contribution in [0.4, 0.5) is 0 Å². The molecule has 0 bridgehead atoms. The predicted octanol–water partition coefficient (Wildman–Crippen LogP) is 0.676. The van der Waals surface area contributed by atoms with Gasteiger partial charge < -0.3 is 0 Å². The third-order valence-electron chi connectivity index (χ3n) is 2.15. The summed E-state index contributed by atoms with van der Waals surface area (Å²) in [7, 11) is -2.95. The Morgan fingerprint density at radius 2 is 1.91 bits per heavy atom. The van der Waals surface area contributed by atoms with E-state index in [0.29, 0.717) is 12.5 Å². The number of sulfonamides is 1. The molecule has 4 heteroatoms. The summed E-state index contributed by atoms with van der Waals surface area (Å²) in [5.41, 5.74) is 0. The Bertz CT molecular complexity index is 235. The maximum Gasteiger partial charge on any atom is 0.211 e. The van der Waals surface area contributed by atoms with Crippen molar-refractivity contribution < 1.29 is 8.42 Å². The Morgan fingerprint density at radius 1 is 1.36 bits per heavy atom. The highest BCUT2D eigenvalue weighted by Crippen LogP contribution is 2.24. The summed E-state index contributed by atoms with van der Waals surface area (Å²) < 4.78 is 23.8. The fraction of sp³-hybridized carbons (Fsp3) is 1.00. The summed E-state index contributed by atoms with van der Waals surface area (Å²) >= 11 is 0. The molecule has 1 saturated heterocycles. The first-order valence-corrected chi connectivity index (χ1v) is 5.73. The van der Waals surface area contributed by atoms with E-state index in [1.54, 1.807) is 4.31 Å². The van der Waals surface area contributed by atoms with Crippen LogP contribution in [0.1, 0.15) is 20.3 Å². The minimum Gasteiger partial charge on any atom is -0.212 e. The maximum atomic E-state index is 11.1. The molecule has 0 spiro atoms. The van der Waals surface area contributed by atoms with Gasteiger partial charge in [0.15, 0.2) is 0 Å². The molecule has 1 aliphatic heterocycles. The summed E-state index contributed by atoms with van der Waals surface area (Å²) in [5, 5.41) is 0. The van der Waals surface area contributed by atoms with Crippen molar-refractivity contribution >= 4 is 10.0 Å². The Morgan fingerprint density at radius 3 is 2.09 bits per heavy atom. The summed E-state index contributed by atoms with van der Waals surface area (Å²) in [5.74, 6) is 0.514. The van der Waals surface area contributed by atoms with Gasteiger partial charge in [0.2, 0.25) is 10.0 Å². The topological polar surface area (TPSA) is 37.4 Å². The lowest BCUT2D eigenvalue weighted by molar-refractivity contribution is 0.409. The molecule has 0 aromatic heterocycles. The molecule has 0 N–H and O–H groups in total. The van der Waals surface area contributed by atoms with E-state index >= 15 is 0 Å². The monoisotopic (exact) mass is 177 g/mol. The van der Waals surface area contributed by atoms with Crippen LogP contribution < -0.4 is 0 Å². The molecule has 0 radical (unpaired) electrons. The minimum absolute atomic E-state index is 0.194. The molecule has 1 fully saturated rings. The predicted molar refractivity (Wildman–Crippen MR) is 44.8 cm³/mol. The van der Waals surface area contributed by atoms with Gasteiger partial charge in [-0.1, -0.05) is 6.92 Å². The van der Waals surface area contributed by atoms with E-state index in [0.717, 1.165) is 6.42 Å². The number of hydrogen-bond acceptors (Lipinski definition) is 2. The molecule has 0 aromatic carbocycles. The molecule has 3 nitrogen and oxygen atoms in total. The van der Waals surface area contributed by atoms with Gasteiger partial charge in [-0.05, 0) is 19.3 Å². The van der Waals surface area contributed by atoms with Crippen molar-refractivity contribution in [2.45, 2.75) is 26.3 Å². The summed E-state index contributed by atoms with van der Waals surface area (Å²) in [6.45, 7) is 4.74. The number of rotatable bonds is 1. The van der Waals surface area contributed by atoms with E-state index in [4.69, 9.17) is 0 Å². The molecule has 1 unspecified atom stereocenters. The van der Waals surface area contributed by atoms with E-state index in [2.05, 4.69) is 6.92 Å². The summed E-state index contributed by atoms with van der Waals surface area (Å²) in [6, 6.07) is 0.194. The summed E-state index contributed by atoms with van der Waals surface area (Å²) in [4.78, 5) is 0. The average Bonchev–Trinajstić information content (AvgIpc) is 2.08. The second-order valence-corrected chi connectivity index (χ2v) is 5.46. The molecule has 2 atom stereocenters. The lowest BCUT2D eigenvalue weighted by Gasteiger charge is -2.17. The van der Waals surface area contributed by atoms with Crippen LogP contribution in [0.5, 0.6) is 0 Å². The third kappa shape index (κ3) is 1.93. The standard InChI is InChI=1S/C7H15NO2S/c1-6-4-7(2)8(5-6)11(3,9)10/h6-7H,4-5H2,1-3H3/t6-,7?/m1/s1. The van der Waals surface area contributed by atoms with Gasteiger partial charge in [0.1, 0.15) is 0 Å². The van der Waals surface area contributed by atoms with Gasteiger partial charge in [-0.2, -0.15) is 4.31 Å². The zero-order valence-corrected chi connectivity index (χ0v) is 8.06. The highest BCUT2D eigenvalue weighted by atomic mass is 32.2. The molecule has 11 heavy (non-hydrogen) atoms. The van der Waals surface area contributed by atoms with Crippen LogP contribution in [0.3, 0.4) is 0 Å². The molecule has 0 aromatic rings. The van der Waals surface area contributed by atoms with Crippen LogP contribution in [-0.4, -0.2) is 31.6 Å². The highest BCUT2D eigenvalue weighted by Gasteiger charge is 2.31. The first kappa shape index (κ1) is 9.00. The van der Waals surface area contributed by atoms with Crippen LogP contribution in [0.25, 0.3) is 0 Å². The molecule has 1 heterocycles. The minimum atomic E-state index is -2.95. The zero-order valence-electron chi connectivity index (χ0n) is 7.24. The van der Waals surface area contributed by atoms with Crippen molar-refractivity contribution in [3.8, 4) is 0 Å². The quantitative estimate of drug-likeness (QED) is 0.590. The van der Waals surface area contributed by atoms with Crippen molar-refractivity contribution in [3.05, 3.63) is 0 Å². The first-order chi connectivity index (χ1) is 4.91. The fourth-order valence-electron chi connectivity index (χ4n) is 1.72. The number of nitrogens with zero attached hydrogens (tertiary/aromatic N) is 1. The van der Waals surface area contributed by atoms with Crippen LogP contribution >= 0.6 is 0 Å². The van der Waals surface area contributed by atoms with Gasteiger partial charge in [0, 0.05) is 12.6 Å². The van der Waals surface area contributed by atoms with Gasteiger partial charge in [0.05, 0.1) is 6.26 Å². The van der Waals surface area contributed by atoms with Crippen molar-refractivity contribution in [2.75, 3.05) is 12.8 Å². The molecular weight excluding hydrogens is 162 g/mol. The van der Waals surface area contributed by atoms with Crippen LogP contribution in [0.2, 0.25) is 0 Å². The van der Waals surface area contributed by atoms with Crippen LogP contribution in [0, 0.1) is 5.92 Å². The number of hydrogen-bond donors (Lipinski definition) is 0. The van der Waals surface area contributed by atoms with Gasteiger partial charge in [-0.3, -0.25) is 0 Å². The van der Waals surface area contributed by atoms with Gasteiger partial charge in [-0.25, -0.2) is 8.42 Å². The summed E-state index contributed by atoms with van der Waals surface area (Å²) in [6.07, 6.45) is 2.27. The molecule has 1 aliphatic rings. The molecular formula is C7H15NO2S. The SMILES string of the molecule is CC1C[C@@H](C)CN1S(C)(=O)=O. The Labute approximate surface area is 68.4 Å². The van der Waals surface area contributed by atoms with Crippen LogP contribution in [0.15, 0.2) is 0 Å². The Kier molecular flexibility index (Phi) is 2.25. The van der Waals surface area contributed by atoms with Crippen molar-refractivity contribution in [3.63, 3.8) is 0 Å².